The monoisotopic (exact) mass is 462 g/mol. The number of aryl methyl sites for hydroxylation is 3. The molecular formula is C26H30N4O2S. The summed E-state index contributed by atoms with van der Waals surface area (Å²) in [4.78, 5) is 7.83. The Bertz CT molecular complexity index is 1170. The normalized spacial score (nSPS) is 23.2. The Labute approximate surface area is 197 Å². The maximum atomic E-state index is 12.8. The molecule has 1 aromatic carbocycles. The van der Waals surface area contributed by atoms with Crippen LogP contribution in [-0.4, -0.2) is 45.3 Å². The quantitative estimate of drug-likeness (QED) is 0.708. The fraction of sp³-hybridized carbons (Fsp3) is 0.538. The van der Waals surface area contributed by atoms with Gasteiger partial charge in [0.1, 0.15) is 17.5 Å². The number of hydrogen-bond acceptors (Lipinski definition) is 6. The Morgan fingerprint density at radius 1 is 1.21 bits per heavy atom. The molecule has 0 spiro atoms. The third kappa shape index (κ3) is 3.46. The van der Waals surface area contributed by atoms with Crippen LogP contribution in [-0.2, 0) is 30.1 Å². The van der Waals surface area contributed by atoms with E-state index in [1.807, 2.05) is 0 Å². The van der Waals surface area contributed by atoms with Gasteiger partial charge in [-0.05, 0) is 67.6 Å². The van der Waals surface area contributed by atoms with Gasteiger partial charge >= 0.3 is 0 Å². The van der Waals surface area contributed by atoms with E-state index >= 15 is 0 Å². The molecule has 2 N–H and O–H groups in total. The molecule has 2 fully saturated rings. The molecule has 1 aromatic heterocycles. The van der Waals surface area contributed by atoms with Crippen LogP contribution in [0.1, 0.15) is 66.0 Å². The number of nitrogens with one attached hydrogen (secondary N) is 1. The number of aliphatic hydroxyl groups is 1. The smallest absolute Gasteiger partial charge is 0.149 e. The Kier molecular flexibility index (Phi) is 5.19. The van der Waals surface area contributed by atoms with E-state index in [0.717, 1.165) is 56.7 Å². The molecule has 6 nitrogen and oxygen atoms in total. The second-order valence-corrected chi connectivity index (χ2v) is 11.6. The lowest BCUT2D eigenvalue weighted by atomic mass is 9.77. The fourth-order valence-electron chi connectivity index (χ4n) is 5.85. The topological polar surface area (TPSA) is 89.2 Å². The predicted molar refractivity (Wildman–Crippen MR) is 129 cm³/mol. The van der Waals surface area contributed by atoms with Gasteiger partial charge in [-0.3, -0.25) is 4.21 Å². The highest BCUT2D eigenvalue weighted by molar-refractivity contribution is 7.85. The van der Waals surface area contributed by atoms with E-state index in [9.17, 15) is 14.6 Å². The highest BCUT2D eigenvalue weighted by Crippen LogP contribution is 2.43. The number of rotatable bonds is 5. The minimum Gasteiger partial charge on any atom is -0.394 e. The molecule has 6 rings (SSSR count). The lowest BCUT2D eigenvalue weighted by molar-refractivity contribution is 0.144. The van der Waals surface area contributed by atoms with Crippen molar-refractivity contribution in [2.45, 2.75) is 67.7 Å². The lowest BCUT2D eigenvalue weighted by Gasteiger charge is -2.42. The molecule has 2 aliphatic carbocycles. The third-order valence-corrected chi connectivity index (χ3v) is 9.70. The van der Waals surface area contributed by atoms with Crippen molar-refractivity contribution in [1.82, 2.24) is 4.98 Å². The number of piperidine rings is 1. The molecule has 1 atom stereocenters. The SMILES string of the molecule is N#Cc1c(N2CCC(c3ccc4c(c3)CC4)CC2)nc2c(c1NC1(CO)CCC1)S(=O)CC2. The number of nitrogens with zero attached hydrogens (tertiary/aromatic N) is 3. The van der Waals surface area contributed by atoms with Crippen LogP contribution in [0, 0.1) is 11.3 Å². The number of hydrogen-bond donors (Lipinski definition) is 2. The number of anilines is 2. The van der Waals surface area contributed by atoms with Gasteiger partial charge in [0.15, 0.2) is 0 Å². The molecule has 4 aliphatic rings. The van der Waals surface area contributed by atoms with Crippen molar-refractivity contribution in [3.8, 4) is 6.07 Å². The minimum atomic E-state index is -1.15. The summed E-state index contributed by atoms with van der Waals surface area (Å²) in [6, 6.07) is 9.39. The van der Waals surface area contributed by atoms with Crippen LogP contribution in [0.4, 0.5) is 11.5 Å². The molecule has 0 radical (unpaired) electrons. The van der Waals surface area contributed by atoms with E-state index in [0.29, 0.717) is 34.2 Å². The molecule has 1 saturated carbocycles. The summed E-state index contributed by atoms with van der Waals surface area (Å²) >= 11 is 0. The highest BCUT2D eigenvalue weighted by atomic mass is 32.2. The van der Waals surface area contributed by atoms with Crippen LogP contribution in [0.25, 0.3) is 0 Å². The van der Waals surface area contributed by atoms with E-state index in [1.54, 1.807) is 0 Å². The summed E-state index contributed by atoms with van der Waals surface area (Å²) in [5.41, 5.74) is 6.05. The number of pyridine rings is 1. The molecule has 0 bridgehead atoms. The maximum Gasteiger partial charge on any atom is 0.149 e. The zero-order valence-corrected chi connectivity index (χ0v) is 19.7. The summed E-state index contributed by atoms with van der Waals surface area (Å²) in [5.74, 6) is 1.82. The Balaban J connectivity index is 1.30. The van der Waals surface area contributed by atoms with Gasteiger partial charge in [-0.1, -0.05) is 18.2 Å². The molecule has 172 valence electrons. The van der Waals surface area contributed by atoms with Crippen LogP contribution in [0.3, 0.4) is 0 Å². The van der Waals surface area contributed by atoms with E-state index in [4.69, 9.17) is 4.98 Å². The first-order valence-electron chi connectivity index (χ1n) is 12.2. The van der Waals surface area contributed by atoms with Crippen molar-refractivity contribution in [2.24, 2.45) is 0 Å². The average Bonchev–Trinajstić information content (AvgIpc) is 3.17. The van der Waals surface area contributed by atoms with E-state index < -0.39 is 16.3 Å². The van der Waals surface area contributed by atoms with Gasteiger partial charge in [-0.25, -0.2) is 4.98 Å². The molecule has 3 heterocycles. The van der Waals surface area contributed by atoms with E-state index in [2.05, 4.69) is 34.5 Å². The standard InChI is InChI=1S/C26H30N4O2S/c27-15-21-23(29-26(16-31)9-1-10-26)24-22(8-13-33(24)32)28-25(21)30-11-6-18(7-12-30)20-5-3-17-2-4-19(17)14-20/h3,5,14,18,31H,1-2,4,6-13,16H2,(H,28,29). The number of benzene rings is 1. The van der Waals surface area contributed by atoms with Crippen LogP contribution < -0.4 is 10.2 Å². The van der Waals surface area contributed by atoms with Gasteiger partial charge in [-0.15, -0.1) is 0 Å². The maximum absolute atomic E-state index is 12.8. The van der Waals surface area contributed by atoms with Gasteiger partial charge in [0.2, 0.25) is 0 Å². The second-order valence-electron chi connectivity index (χ2n) is 10.1. The van der Waals surface area contributed by atoms with Gasteiger partial charge in [-0.2, -0.15) is 5.26 Å². The van der Waals surface area contributed by atoms with E-state index in [-0.39, 0.29) is 6.61 Å². The fourth-order valence-corrected chi connectivity index (χ4v) is 7.22. The van der Waals surface area contributed by atoms with Crippen molar-refractivity contribution in [3.63, 3.8) is 0 Å². The predicted octanol–water partition coefficient (Wildman–Crippen LogP) is 3.43. The molecule has 2 aromatic rings. The number of aromatic nitrogens is 1. The Morgan fingerprint density at radius 3 is 2.61 bits per heavy atom. The Morgan fingerprint density at radius 2 is 2.00 bits per heavy atom. The molecule has 1 unspecified atom stereocenters. The van der Waals surface area contributed by atoms with Crippen LogP contribution in [0.5, 0.6) is 0 Å². The largest absolute Gasteiger partial charge is 0.394 e. The minimum absolute atomic E-state index is 0.0170. The summed E-state index contributed by atoms with van der Waals surface area (Å²) in [6.07, 6.45) is 7.95. The molecule has 33 heavy (non-hydrogen) atoms. The van der Waals surface area contributed by atoms with Gasteiger partial charge in [0, 0.05) is 25.3 Å². The molecule has 2 aliphatic heterocycles. The summed E-state index contributed by atoms with van der Waals surface area (Å²) in [6.45, 7) is 1.73. The van der Waals surface area contributed by atoms with Crippen molar-refractivity contribution in [3.05, 3.63) is 46.1 Å². The second kappa shape index (κ2) is 8.11. The molecule has 0 amide bonds. The molecule has 1 saturated heterocycles. The summed E-state index contributed by atoms with van der Waals surface area (Å²) in [7, 11) is -1.15. The number of aliphatic hydroxyl groups excluding tert-OH is 1. The van der Waals surface area contributed by atoms with E-state index in [1.165, 1.54) is 29.5 Å². The average molecular weight is 463 g/mol. The zero-order valence-electron chi connectivity index (χ0n) is 18.9. The van der Waals surface area contributed by atoms with Crippen LogP contribution in [0.15, 0.2) is 23.1 Å². The van der Waals surface area contributed by atoms with Crippen LogP contribution >= 0.6 is 0 Å². The first-order valence-corrected chi connectivity index (χ1v) is 13.5. The zero-order chi connectivity index (χ0) is 22.6. The Hall–Kier alpha value is -2.43. The summed E-state index contributed by atoms with van der Waals surface area (Å²) in [5, 5.41) is 23.7. The third-order valence-electron chi connectivity index (χ3n) is 8.23. The van der Waals surface area contributed by atoms with Crippen molar-refractivity contribution in [1.29, 1.82) is 5.26 Å². The van der Waals surface area contributed by atoms with Crippen LogP contribution in [0.2, 0.25) is 0 Å². The first kappa shape index (κ1) is 21.1. The van der Waals surface area contributed by atoms with Gasteiger partial charge < -0.3 is 15.3 Å². The summed E-state index contributed by atoms with van der Waals surface area (Å²) < 4.78 is 12.8. The number of fused-ring (bicyclic) bond motifs is 2. The first-order chi connectivity index (χ1) is 16.1. The lowest BCUT2D eigenvalue weighted by Crippen LogP contribution is -2.48. The van der Waals surface area contributed by atoms with Gasteiger partial charge in [0.05, 0.1) is 39.2 Å². The van der Waals surface area contributed by atoms with Gasteiger partial charge in [0.25, 0.3) is 0 Å². The number of nitriles is 1. The van der Waals surface area contributed by atoms with Crippen molar-refractivity contribution in [2.75, 3.05) is 35.7 Å². The van der Waals surface area contributed by atoms with Crippen molar-refractivity contribution >= 4 is 22.3 Å². The molecule has 7 heteroatoms. The molecular weight excluding hydrogens is 432 g/mol. The van der Waals surface area contributed by atoms with Crippen molar-refractivity contribution < 1.29 is 9.32 Å². The highest BCUT2D eigenvalue weighted by Gasteiger charge is 2.40.